The fourth-order valence-electron chi connectivity index (χ4n) is 4.38. The molecule has 3 atom stereocenters. The lowest BCUT2D eigenvalue weighted by Crippen LogP contribution is -2.37. The summed E-state index contributed by atoms with van der Waals surface area (Å²) in [6, 6.07) is 5.84. The summed E-state index contributed by atoms with van der Waals surface area (Å²) < 4.78 is 11.3. The molecule has 3 aliphatic rings. The number of rotatable bonds is 7. The van der Waals surface area contributed by atoms with E-state index in [0.717, 1.165) is 31.5 Å². The summed E-state index contributed by atoms with van der Waals surface area (Å²) in [7, 11) is 0. The highest BCUT2D eigenvalue weighted by atomic mass is 16.6. The number of hydrogen-bond donors (Lipinski definition) is 3. The number of aromatic amines is 1. The number of likely N-dealkylation sites (tertiary alicyclic amines) is 1. The normalized spacial score (nSPS) is 25.6. The first-order valence-electron chi connectivity index (χ1n) is 11.5. The largest absolute Gasteiger partial charge is 0.444 e. The van der Waals surface area contributed by atoms with Crippen molar-refractivity contribution in [3.05, 3.63) is 41.9 Å². The Morgan fingerprint density at radius 3 is 3.06 bits per heavy atom. The van der Waals surface area contributed by atoms with Crippen molar-refractivity contribution >= 4 is 17.8 Å². The van der Waals surface area contributed by atoms with Crippen LogP contribution >= 0.6 is 0 Å². The molecule has 5 rings (SSSR count). The van der Waals surface area contributed by atoms with Gasteiger partial charge in [-0.05, 0) is 37.8 Å². The Morgan fingerprint density at radius 2 is 2.27 bits per heavy atom. The number of pyridine rings is 1. The summed E-state index contributed by atoms with van der Waals surface area (Å²) in [6.45, 7) is 4.00. The molecule has 2 aliphatic heterocycles. The molecule has 4 heterocycles. The molecule has 0 bridgehead atoms. The van der Waals surface area contributed by atoms with E-state index in [1.807, 2.05) is 30.2 Å². The van der Waals surface area contributed by atoms with Crippen LogP contribution < -0.4 is 10.6 Å². The van der Waals surface area contributed by atoms with Gasteiger partial charge < -0.3 is 25.0 Å². The summed E-state index contributed by atoms with van der Waals surface area (Å²) in [5, 5.41) is 13.2. The van der Waals surface area contributed by atoms with Crippen molar-refractivity contribution in [2.24, 2.45) is 0 Å². The van der Waals surface area contributed by atoms with Gasteiger partial charge in [-0.3, -0.25) is 14.9 Å². The summed E-state index contributed by atoms with van der Waals surface area (Å²) in [4.78, 5) is 30.7. The number of amides is 2. The molecule has 3 fully saturated rings. The second-order valence-electron chi connectivity index (χ2n) is 9.44. The fourth-order valence-corrected chi connectivity index (χ4v) is 4.38. The van der Waals surface area contributed by atoms with Crippen LogP contribution in [-0.2, 0) is 14.3 Å². The third kappa shape index (κ3) is 5.27. The average Bonchev–Trinajstić information content (AvgIpc) is 3.27. The molecule has 1 saturated carbocycles. The van der Waals surface area contributed by atoms with Gasteiger partial charge in [-0.2, -0.15) is 5.10 Å². The molecule has 2 aromatic heterocycles. The Kier molecular flexibility index (Phi) is 5.92. The van der Waals surface area contributed by atoms with Gasteiger partial charge in [-0.25, -0.2) is 4.79 Å². The maximum absolute atomic E-state index is 12.6. The summed E-state index contributed by atoms with van der Waals surface area (Å²) in [5.41, 5.74) is 1.87. The number of carbonyl (C=O) groups is 2. The first kappa shape index (κ1) is 21.7. The van der Waals surface area contributed by atoms with Crippen LogP contribution in [0.5, 0.6) is 0 Å². The van der Waals surface area contributed by atoms with Crippen LogP contribution in [0.3, 0.4) is 0 Å². The number of H-pyrrole nitrogens is 1. The van der Waals surface area contributed by atoms with Gasteiger partial charge in [0, 0.05) is 49.4 Å². The van der Waals surface area contributed by atoms with Crippen molar-refractivity contribution in [2.45, 2.75) is 56.3 Å². The number of anilines is 1. The van der Waals surface area contributed by atoms with E-state index in [9.17, 15) is 9.59 Å². The lowest BCUT2D eigenvalue weighted by atomic mass is 10.0. The molecule has 0 spiro atoms. The number of alkyl carbamates (subject to hydrolysis) is 1. The van der Waals surface area contributed by atoms with Crippen molar-refractivity contribution in [3.8, 4) is 0 Å². The van der Waals surface area contributed by atoms with Crippen LogP contribution in [0.25, 0.3) is 0 Å². The van der Waals surface area contributed by atoms with Crippen molar-refractivity contribution in [3.63, 3.8) is 0 Å². The molecule has 2 amide bonds. The second-order valence-corrected chi connectivity index (χ2v) is 9.44. The Bertz CT molecular complexity index is 992. The molecule has 0 aromatic carbocycles. The molecule has 2 saturated heterocycles. The van der Waals surface area contributed by atoms with E-state index in [1.54, 1.807) is 6.20 Å². The molecule has 10 heteroatoms. The number of ether oxygens (including phenoxy) is 2. The van der Waals surface area contributed by atoms with Gasteiger partial charge in [0.15, 0.2) is 0 Å². The summed E-state index contributed by atoms with van der Waals surface area (Å²) >= 11 is 0. The van der Waals surface area contributed by atoms with Gasteiger partial charge in [0.05, 0.1) is 18.8 Å². The highest BCUT2D eigenvalue weighted by molar-refractivity contribution is 5.81. The minimum Gasteiger partial charge on any atom is -0.444 e. The van der Waals surface area contributed by atoms with Crippen LogP contribution in [0.2, 0.25) is 0 Å². The molecule has 176 valence electrons. The Hall–Kier alpha value is -3.14. The number of nitrogens with zero attached hydrogens (tertiary/aromatic N) is 3. The maximum atomic E-state index is 12.6. The van der Waals surface area contributed by atoms with Gasteiger partial charge in [0.25, 0.3) is 0 Å². The zero-order valence-corrected chi connectivity index (χ0v) is 18.8. The summed E-state index contributed by atoms with van der Waals surface area (Å²) in [5.74, 6) is 0.976. The molecule has 1 aliphatic carbocycles. The van der Waals surface area contributed by atoms with Gasteiger partial charge in [0.1, 0.15) is 18.0 Å². The lowest BCUT2D eigenvalue weighted by Gasteiger charge is -2.16. The Morgan fingerprint density at radius 1 is 1.39 bits per heavy atom. The van der Waals surface area contributed by atoms with Crippen LogP contribution in [0.15, 0.2) is 30.6 Å². The highest BCUT2D eigenvalue weighted by Gasteiger charge is 2.40. The zero-order valence-electron chi connectivity index (χ0n) is 18.8. The van der Waals surface area contributed by atoms with Gasteiger partial charge >= 0.3 is 6.09 Å². The van der Waals surface area contributed by atoms with Crippen LogP contribution in [0.1, 0.15) is 55.9 Å². The fraction of sp³-hybridized carbons (Fsp3) is 0.565. The number of nitrogens with one attached hydrogen (secondary N) is 3. The Balaban J connectivity index is 1.06. The van der Waals surface area contributed by atoms with E-state index >= 15 is 0 Å². The minimum absolute atomic E-state index is 0.0480. The van der Waals surface area contributed by atoms with Gasteiger partial charge in [0.2, 0.25) is 5.91 Å². The second kappa shape index (κ2) is 9.01. The highest BCUT2D eigenvalue weighted by Crippen LogP contribution is 2.35. The first-order valence-corrected chi connectivity index (χ1v) is 11.5. The zero-order chi connectivity index (χ0) is 22.8. The van der Waals surface area contributed by atoms with Crippen LogP contribution in [-0.4, -0.2) is 70.0 Å². The molecule has 0 unspecified atom stereocenters. The standard InChI is InChI=1S/C23H30N6O4/c1-23(5-6-23)26-22(31)33-17-9-19(32-14-17)18-10-20(28-27-18)25-12-21(30)29-8-4-16(13-29)15-3-2-7-24-11-15/h2-3,7,10-11,16-17,19H,4-6,8-9,12-14H2,1H3,(H,26,31)(H2,25,27,28)/t16-,17+,19+/m1/s1. The molecule has 3 N–H and O–H groups in total. The van der Waals surface area contributed by atoms with Crippen molar-refractivity contribution in [2.75, 3.05) is 31.6 Å². The van der Waals surface area contributed by atoms with Crippen LogP contribution in [0.4, 0.5) is 10.6 Å². The predicted molar refractivity (Wildman–Crippen MR) is 120 cm³/mol. The van der Waals surface area contributed by atoms with Gasteiger partial charge in [-0.15, -0.1) is 0 Å². The smallest absolute Gasteiger partial charge is 0.407 e. The third-order valence-corrected chi connectivity index (χ3v) is 6.70. The SMILES string of the molecule is CC1(NC(=O)O[C@@H]2CO[C@H](c3cc(NCC(=O)N4CC[C@@H](c5cccnc5)C4)n[nH]3)C2)CC1. The maximum Gasteiger partial charge on any atom is 0.407 e. The molecule has 10 nitrogen and oxygen atoms in total. The predicted octanol–water partition coefficient (Wildman–Crippen LogP) is 2.34. The minimum atomic E-state index is -0.387. The quantitative estimate of drug-likeness (QED) is 0.587. The summed E-state index contributed by atoms with van der Waals surface area (Å²) in [6.07, 6.45) is 6.22. The van der Waals surface area contributed by atoms with E-state index in [2.05, 4.69) is 31.9 Å². The molecular formula is C23H30N6O4. The van der Waals surface area contributed by atoms with E-state index in [1.165, 1.54) is 5.56 Å². The van der Waals surface area contributed by atoms with Crippen molar-refractivity contribution in [1.29, 1.82) is 0 Å². The molecular weight excluding hydrogens is 424 g/mol. The van der Waals surface area contributed by atoms with Crippen molar-refractivity contribution in [1.82, 2.24) is 25.4 Å². The number of carbonyl (C=O) groups excluding carboxylic acids is 2. The first-order chi connectivity index (χ1) is 16.0. The molecule has 0 radical (unpaired) electrons. The van der Waals surface area contributed by atoms with Gasteiger partial charge in [-0.1, -0.05) is 6.07 Å². The Labute approximate surface area is 192 Å². The van der Waals surface area contributed by atoms with Crippen LogP contribution in [0, 0.1) is 0 Å². The van der Waals surface area contributed by atoms with E-state index < -0.39 is 0 Å². The lowest BCUT2D eigenvalue weighted by molar-refractivity contribution is -0.128. The monoisotopic (exact) mass is 454 g/mol. The number of hydrogen-bond acceptors (Lipinski definition) is 7. The molecule has 33 heavy (non-hydrogen) atoms. The number of aromatic nitrogens is 3. The topological polar surface area (TPSA) is 121 Å². The third-order valence-electron chi connectivity index (χ3n) is 6.70. The molecule has 2 aromatic rings. The average molecular weight is 455 g/mol. The van der Waals surface area contributed by atoms with E-state index in [-0.39, 0.29) is 36.3 Å². The van der Waals surface area contributed by atoms with E-state index in [4.69, 9.17) is 9.47 Å². The van der Waals surface area contributed by atoms with Crippen molar-refractivity contribution < 1.29 is 19.1 Å². The van der Waals surface area contributed by atoms with E-state index in [0.29, 0.717) is 31.3 Å².